The molecule has 0 saturated heterocycles. The molecule has 0 aliphatic rings. The monoisotopic (exact) mass is 282 g/mol. The summed E-state index contributed by atoms with van der Waals surface area (Å²) in [6.07, 6.45) is -5.77. The SMILES string of the molecule is CC(C)c1ccc(C(=O)O)cc1C(F)(F)C(F)(F)F. The van der Waals surface area contributed by atoms with Gasteiger partial charge in [0.2, 0.25) is 0 Å². The average Bonchev–Trinajstić information content (AvgIpc) is 2.26. The van der Waals surface area contributed by atoms with Gasteiger partial charge in [-0.25, -0.2) is 4.79 Å². The largest absolute Gasteiger partial charge is 0.478 e. The number of carbonyl (C=O) groups is 1. The van der Waals surface area contributed by atoms with Crippen LogP contribution in [0.15, 0.2) is 18.2 Å². The summed E-state index contributed by atoms with van der Waals surface area (Å²) in [4.78, 5) is 10.7. The molecule has 0 unspecified atom stereocenters. The molecule has 0 heterocycles. The molecule has 0 radical (unpaired) electrons. The lowest BCUT2D eigenvalue weighted by atomic mass is 9.91. The molecule has 0 atom stereocenters. The van der Waals surface area contributed by atoms with Crippen LogP contribution in [0.1, 0.15) is 41.3 Å². The van der Waals surface area contributed by atoms with E-state index >= 15 is 0 Å². The minimum atomic E-state index is -5.77. The summed E-state index contributed by atoms with van der Waals surface area (Å²) in [5, 5.41) is 8.68. The normalized spacial score (nSPS) is 12.8. The maximum absolute atomic E-state index is 13.4. The molecule has 0 amide bonds. The molecule has 0 bridgehead atoms. The van der Waals surface area contributed by atoms with Crippen molar-refractivity contribution in [3.8, 4) is 0 Å². The number of rotatable bonds is 3. The Hall–Kier alpha value is -1.66. The van der Waals surface area contributed by atoms with Crippen molar-refractivity contribution in [2.24, 2.45) is 0 Å². The van der Waals surface area contributed by atoms with Gasteiger partial charge in [-0.2, -0.15) is 22.0 Å². The van der Waals surface area contributed by atoms with E-state index in [9.17, 15) is 26.7 Å². The van der Waals surface area contributed by atoms with E-state index in [0.29, 0.717) is 6.07 Å². The van der Waals surface area contributed by atoms with Crippen LogP contribution < -0.4 is 0 Å². The highest BCUT2D eigenvalue weighted by Gasteiger charge is 2.59. The highest BCUT2D eigenvalue weighted by Crippen LogP contribution is 2.46. The van der Waals surface area contributed by atoms with E-state index < -0.39 is 35.1 Å². The molecule has 1 rings (SSSR count). The highest BCUT2D eigenvalue weighted by atomic mass is 19.4. The second-order valence-electron chi connectivity index (χ2n) is 4.33. The van der Waals surface area contributed by atoms with Gasteiger partial charge in [-0.1, -0.05) is 19.9 Å². The van der Waals surface area contributed by atoms with Crippen LogP contribution in [0.3, 0.4) is 0 Å². The predicted molar refractivity (Wildman–Crippen MR) is 57.4 cm³/mol. The highest BCUT2D eigenvalue weighted by molar-refractivity contribution is 5.88. The van der Waals surface area contributed by atoms with Crippen molar-refractivity contribution in [2.75, 3.05) is 0 Å². The van der Waals surface area contributed by atoms with Gasteiger partial charge < -0.3 is 5.11 Å². The molecule has 106 valence electrons. The van der Waals surface area contributed by atoms with Crippen molar-refractivity contribution in [1.82, 2.24) is 0 Å². The summed E-state index contributed by atoms with van der Waals surface area (Å²) in [6, 6.07) is 2.38. The van der Waals surface area contributed by atoms with E-state index in [0.717, 1.165) is 12.1 Å². The minimum absolute atomic E-state index is 0.229. The van der Waals surface area contributed by atoms with Gasteiger partial charge in [0.25, 0.3) is 0 Å². The first kappa shape index (κ1) is 15.4. The Kier molecular flexibility index (Phi) is 3.88. The van der Waals surface area contributed by atoms with Gasteiger partial charge in [-0.15, -0.1) is 0 Å². The minimum Gasteiger partial charge on any atom is -0.478 e. The standard InChI is InChI=1S/C12H11F5O2/c1-6(2)8-4-3-7(10(18)19)5-9(8)11(13,14)12(15,16)17/h3-6H,1-2H3,(H,18,19). The molecule has 0 spiro atoms. The first-order valence-electron chi connectivity index (χ1n) is 5.30. The fraction of sp³-hybridized carbons (Fsp3) is 0.417. The molecule has 7 heteroatoms. The Bertz CT molecular complexity index is 491. The molecule has 19 heavy (non-hydrogen) atoms. The third kappa shape index (κ3) is 2.85. The lowest BCUT2D eigenvalue weighted by Crippen LogP contribution is -2.35. The molecule has 0 aromatic heterocycles. The van der Waals surface area contributed by atoms with Crippen molar-refractivity contribution in [2.45, 2.75) is 31.9 Å². The smallest absolute Gasteiger partial charge is 0.458 e. The predicted octanol–water partition coefficient (Wildman–Crippen LogP) is 4.16. The Morgan fingerprint density at radius 2 is 1.68 bits per heavy atom. The van der Waals surface area contributed by atoms with E-state index in [1.807, 2.05) is 0 Å². The third-order valence-corrected chi connectivity index (χ3v) is 2.62. The maximum atomic E-state index is 13.4. The van der Waals surface area contributed by atoms with Crippen LogP contribution in [0.25, 0.3) is 0 Å². The summed E-state index contributed by atoms with van der Waals surface area (Å²) in [6.45, 7) is 2.90. The number of alkyl halides is 5. The fourth-order valence-electron chi connectivity index (χ4n) is 1.62. The summed E-state index contributed by atoms with van der Waals surface area (Å²) >= 11 is 0. The van der Waals surface area contributed by atoms with E-state index in [1.54, 1.807) is 0 Å². The van der Waals surface area contributed by atoms with Gasteiger partial charge in [-0.3, -0.25) is 0 Å². The zero-order chi connectivity index (χ0) is 15.0. The van der Waals surface area contributed by atoms with Crippen LogP contribution >= 0.6 is 0 Å². The fourth-order valence-corrected chi connectivity index (χ4v) is 1.62. The van der Waals surface area contributed by atoms with Crippen molar-refractivity contribution in [3.63, 3.8) is 0 Å². The molecule has 1 N–H and O–H groups in total. The second kappa shape index (κ2) is 4.79. The van der Waals surface area contributed by atoms with E-state index in [4.69, 9.17) is 5.11 Å². The van der Waals surface area contributed by atoms with Crippen molar-refractivity contribution in [3.05, 3.63) is 34.9 Å². The van der Waals surface area contributed by atoms with E-state index in [2.05, 4.69) is 0 Å². The summed E-state index contributed by atoms with van der Waals surface area (Å²) in [7, 11) is 0. The number of hydrogen-bond donors (Lipinski definition) is 1. The van der Waals surface area contributed by atoms with Crippen LogP contribution in [-0.2, 0) is 5.92 Å². The molecular formula is C12H11F5O2. The number of aromatic carboxylic acids is 1. The Morgan fingerprint density at radius 3 is 2.05 bits per heavy atom. The number of halogens is 5. The number of carboxylic acids is 1. The second-order valence-corrected chi connectivity index (χ2v) is 4.33. The van der Waals surface area contributed by atoms with Gasteiger partial charge in [0, 0.05) is 5.56 Å². The van der Waals surface area contributed by atoms with Crippen molar-refractivity contribution < 1.29 is 31.9 Å². The molecular weight excluding hydrogens is 271 g/mol. The molecule has 2 nitrogen and oxygen atoms in total. The van der Waals surface area contributed by atoms with Crippen LogP contribution in [-0.4, -0.2) is 17.3 Å². The summed E-state index contributed by atoms with van der Waals surface area (Å²) in [5.74, 6) is -7.24. The first-order chi connectivity index (χ1) is 8.48. The van der Waals surface area contributed by atoms with Gasteiger partial charge in [0.05, 0.1) is 5.56 Å². The lowest BCUT2D eigenvalue weighted by Gasteiger charge is -2.24. The molecule has 0 aliphatic carbocycles. The van der Waals surface area contributed by atoms with Crippen LogP contribution in [0.5, 0.6) is 0 Å². The topological polar surface area (TPSA) is 37.3 Å². The molecule has 0 aliphatic heterocycles. The maximum Gasteiger partial charge on any atom is 0.458 e. The van der Waals surface area contributed by atoms with Crippen LogP contribution in [0.2, 0.25) is 0 Å². The quantitative estimate of drug-likeness (QED) is 0.845. The van der Waals surface area contributed by atoms with Gasteiger partial charge in [0.15, 0.2) is 0 Å². The van der Waals surface area contributed by atoms with Crippen molar-refractivity contribution >= 4 is 5.97 Å². The lowest BCUT2D eigenvalue weighted by molar-refractivity contribution is -0.289. The van der Waals surface area contributed by atoms with Gasteiger partial charge in [-0.05, 0) is 23.6 Å². The van der Waals surface area contributed by atoms with Crippen LogP contribution in [0.4, 0.5) is 22.0 Å². The Balaban J connectivity index is 3.54. The Morgan fingerprint density at radius 1 is 1.16 bits per heavy atom. The zero-order valence-electron chi connectivity index (χ0n) is 10.1. The zero-order valence-corrected chi connectivity index (χ0v) is 10.1. The van der Waals surface area contributed by atoms with E-state index in [1.165, 1.54) is 13.8 Å². The van der Waals surface area contributed by atoms with Crippen LogP contribution in [0, 0.1) is 0 Å². The molecule has 1 aromatic carbocycles. The molecule has 0 fully saturated rings. The summed E-state index contributed by atoms with van der Waals surface area (Å²) in [5.41, 5.74) is -2.15. The summed E-state index contributed by atoms with van der Waals surface area (Å²) < 4.78 is 64.0. The third-order valence-electron chi connectivity index (χ3n) is 2.62. The van der Waals surface area contributed by atoms with Gasteiger partial charge in [0.1, 0.15) is 0 Å². The van der Waals surface area contributed by atoms with E-state index in [-0.39, 0.29) is 5.56 Å². The number of hydrogen-bond acceptors (Lipinski definition) is 1. The first-order valence-corrected chi connectivity index (χ1v) is 5.30. The number of benzene rings is 1. The molecule has 0 saturated carbocycles. The van der Waals surface area contributed by atoms with Crippen molar-refractivity contribution in [1.29, 1.82) is 0 Å². The Labute approximate surface area is 105 Å². The number of carboxylic acid groups (broad SMARTS) is 1. The average molecular weight is 282 g/mol. The van der Waals surface area contributed by atoms with Gasteiger partial charge >= 0.3 is 18.1 Å². The molecule has 1 aromatic rings.